The van der Waals surface area contributed by atoms with Crippen molar-refractivity contribution in [3.8, 4) is 0 Å². The second kappa shape index (κ2) is 9.10. The molecule has 0 fully saturated rings. The van der Waals surface area contributed by atoms with Crippen LogP contribution >= 0.6 is 0 Å². The maximum absolute atomic E-state index is 13.7. The van der Waals surface area contributed by atoms with Gasteiger partial charge in [0.05, 0.1) is 11.3 Å². The third kappa shape index (κ3) is 4.02. The summed E-state index contributed by atoms with van der Waals surface area (Å²) in [6.07, 6.45) is 0. The topological polar surface area (TPSA) is 43.9 Å². The van der Waals surface area contributed by atoms with E-state index in [4.69, 9.17) is 0 Å². The van der Waals surface area contributed by atoms with E-state index in [0.29, 0.717) is 30.0 Å². The Labute approximate surface area is 189 Å². The summed E-state index contributed by atoms with van der Waals surface area (Å²) in [7, 11) is 3.91. The van der Waals surface area contributed by atoms with Gasteiger partial charge in [-0.25, -0.2) is 4.90 Å². The minimum Gasteiger partial charge on any atom is -0.378 e. The van der Waals surface area contributed by atoms with E-state index in [0.717, 1.165) is 16.8 Å². The Balaban J connectivity index is 1.78. The molecule has 0 bridgehead atoms. The molecule has 32 heavy (non-hydrogen) atoms. The number of benzene rings is 3. The van der Waals surface area contributed by atoms with E-state index in [-0.39, 0.29) is 11.8 Å². The molecule has 3 aromatic carbocycles. The Morgan fingerprint density at radius 2 is 1.34 bits per heavy atom. The Morgan fingerprint density at radius 3 is 1.91 bits per heavy atom. The van der Waals surface area contributed by atoms with Crippen molar-refractivity contribution >= 4 is 28.8 Å². The first-order valence-corrected chi connectivity index (χ1v) is 10.8. The van der Waals surface area contributed by atoms with E-state index in [2.05, 4.69) is 0 Å². The molecule has 0 saturated heterocycles. The van der Waals surface area contributed by atoms with Crippen molar-refractivity contribution in [1.29, 1.82) is 0 Å². The van der Waals surface area contributed by atoms with Crippen LogP contribution in [-0.4, -0.2) is 37.4 Å². The molecule has 0 atom stereocenters. The first-order chi connectivity index (χ1) is 15.5. The van der Waals surface area contributed by atoms with Gasteiger partial charge in [0.2, 0.25) is 0 Å². The molecule has 5 heteroatoms. The zero-order valence-corrected chi connectivity index (χ0v) is 18.7. The number of anilines is 2. The largest absolute Gasteiger partial charge is 0.378 e. The quantitative estimate of drug-likeness (QED) is 0.521. The molecule has 1 aliphatic heterocycles. The third-order valence-corrected chi connectivity index (χ3v) is 5.66. The Kier molecular flexibility index (Phi) is 6.08. The summed E-state index contributed by atoms with van der Waals surface area (Å²) in [6, 6.07) is 26.9. The van der Waals surface area contributed by atoms with Crippen LogP contribution in [0.5, 0.6) is 0 Å². The third-order valence-electron chi connectivity index (χ3n) is 5.66. The van der Waals surface area contributed by atoms with E-state index in [1.54, 1.807) is 0 Å². The van der Waals surface area contributed by atoms with Crippen LogP contribution in [0.4, 0.5) is 11.4 Å². The average molecular weight is 426 g/mol. The molecule has 0 aromatic heterocycles. The van der Waals surface area contributed by atoms with Crippen molar-refractivity contribution in [2.45, 2.75) is 13.5 Å². The lowest BCUT2D eigenvalue weighted by Crippen LogP contribution is -2.35. The van der Waals surface area contributed by atoms with Gasteiger partial charge < -0.3 is 9.80 Å². The van der Waals surface area contributed by atoms with Crippen LogP contribution in [0.25, 0.3) is 5.57 Å². The number of rotatable bonds is 7. The molecule has 1 aliphatic rings. The number of carbonyl (C=O) groups excluding carboxylic acids is 2. The molecule has 0 N–H and O–H groups in total. The van der Waals surface area contributed by atoms with Crippen LogP contribution in [0.3, 0.4) is 0 Å². The first-order valence-electron chi connectivity index (χ1n) is 10.8. The lowest BCUT2D eigenvalue weighted by Gasteiger charge is -2.25. The summed E-state index contributed by atoms with van der Waals surface area (Å²) >= 11 is 0. The zero-order valence-electron chi connectivity index (χ0n) is 18.7. The zero-order chi connectivity index (χ0) is 22.7. The minimum atomic E-state index is -0.291. The van der Waals surface area contributed by atoms with E-state index in [1.165, 1.54) is 4.90 Å². The van der Waals surface area contributed by atoms with Gasteiger partial charge in [-0.05, 0) is 42.3 Å². The van der Waals surface area contributed by atoms with Crippen LogP contribution in [0.1, 0.15) is 18.1 Å². The molecule has 0 unspecified atom stereocenters. The highest BCUT2D eigenvalue weighted by molar-refractivity contribution is 6.45. The van der Waals surface area contributed by atoms with Crippen molar-refractivity contribution in [2.75, 3.05) is 30.4 Å². The molecule has 0 radical (unpaired) electrons. The van der Waals surface area contributed by atoms with Gasteiger partial charge >= 0.3 is 0 Å². The highest BCUT2D eigenvalue weighted by Gasteiger charge is 2.42. The number of imide groups is 1. The van der Waals surface area contributed by atoms with Crippen molar-refractivity contribution in [2.24, 2.45) is 0 Å². The van der Waals surface area contributed by atoms with Gasteiger partial charge in [0.15, 0.2) is 0 Å². The van der Waals surface area contributed by atoms with Crippen LogP contribution in [0, 0.1) is 0 Å². The number of amides is 2. The van der Waals surface area contributed by atoms with Crippen LogP contribution < -0.4 is 9.80 Å². The Morgan fingerprint density at radius 1 is 0.750 bits per heavy atom. The molecule has 5 nitrogen and oxygen atoms in total. The molecule has 162 valence electrons. The number of likely N-dealkylation sites (N-methyl/N-ethyl adjacent to an activating group) is 1. The predicted molar refractivity (Wildman–Crippen MR) is 129 cm³/mol. The fourth-order valence-electron chi connectivity index (χ4n) is 3.96. The standard InChI is InChI=1S/C27H27N3O2/c1-4-29(19-20-11-7-5-8-12-20)25-24(21-13-9-6-10-14-21)26(31)30(27(25)32)23-17-15-22(16-18-23)28(2)3/h5-18H,4,19H2,1-3H3. The van der Waals surface area contributed by atoms with Crippen LogP contribution in [0.15, 0.2) is 90.6 Å². The van der Waals surface area contributed by atoms with E-state index in [9.17, 15) is 9.59 Å². The summed E-state index contributed by atoms with van der Waals surface area (Å²) in [5.41, 5.74) is 4.31. The normalized spacial score (nSPS) is 13.7. The Hall–Kier alpha value is -3.86. The van der Waals surface area contributed by atoms with Gasteiger partial charge in [-0.15, -0.1) is 0 Å². The number of hydrogen-bond donors (Lipinski definition) is 0. The van der Waals surface area contributed by atoms with Gasteiger partial charge in [-0.3, -0.25) is 9.59 Å². The highest BCUT2D eigenvalue weighted by Crippen LogP contribution is 2.35. The fraction of sp³-hybridized carbons (Fsp3) is 0.185. The van der Waals surface area contributed by atoms with E-state index < -0.39 is 0 Å². The maximum atomic E-state index is 13.7. The summed E-state index contributed by atoms with van der Waals surface area (Å²) in [6.45, 7) is 3.16. The summed E-state index contributed by atoms with van der Waals surface area (Å²) in [4.78, 5) is 32.6. The van der Waals surface area contributed by atoms with Crippen molar-refractivity contribution in [3.05, 3.63) is 102 Å². The van der Waals surface area contributed by atoms with E-state index >= 15 is 0 Å². The molecular weight excluding hydrogens is 398 g/mol. The average Bonchev–Trinajstić information content (AvgIpc) is 3.08. The number of nitrogens with zero attached hydrogens (tertiary/aromatic N) is 3. The number of carbonyl (C=O) groups is 2. The highest BCUT2D eigenvalue weighted by atomic mass is 16.2. The first kappa shape index (κ1) is 21.4. The molecular formula is C27H27N3O2. The SMILES string of the molecule is CCN(Cc1ccccc1)C1=C(c2ccccc2)C(=O)N(c2ccc(N(C)C)cc2)C1=O. The predicted octanol–water partition coefficient (Wildman–Crippen LogP) is 4.56. The monoisotopic (exact) mass is 425 g/mol. The summed E-state index contributed by atoms with van der Waals surface area (Å²) < 4.78 is 0. The molecule has 0 spiro atoms. The van der Waals surface area contributed by atoms with Crippen LogP contribution in [-0.2, 0) is 16.1 Å². The molecule has 3 aromatic rings. The summed E-state index contributed by atoms with van der Waals surface area (Å²) in [5, 5.41) is 0. The second-order valence-electron chi connectivity index (χ2n) is 7.95. The van der Waals surface area contributed by atoms with Crippen LogP contribution in [0.2, 0.25) is 0 Å². The van der Waals surface area contributed by atoms with E-state index in [1.807, 2.05) is 116 Å². The fourth-order valence-corrected chi connectivity index (χ4v) is 3.96. The van der Waals surface area contributed by atoms with Gasteiger partial charge in [0, 0.05) is 32.9 Å². The van der Waals surface area contributed by atoms with Gasteiger partial charge in [0.1, 0.15) is 5.70 Å². The van der Waals surface area contributed by atoms with Crippen molar-refractivity contribution < 1.29 is 9.59 Å². The smallest absolute Gasteiger partial charge is 0.282 e. The lowest BCUT2D eigenvalue weighted by atomic mass is 10.0. The molecule has 2 amide bonds. The maximum Gasteiger partial charge on any atom is 0.282 e. The lowest BCUT2D eigenvalue weighted by molar-refractivity contribution is -0.120. The number of hydrogen-bond acceptors (Lipinski definition) is 4. The van der Waals surface area contributed by atoms with Crippen molar-refractivity contribution in [3.63, 3.8) is 0 Å². The Bertz CT molecular complexity index is 1140. The molecule has 0 aliphatic carbocycles. The summed E-state index contributed by atoms with van der Waals surface area (Å²) in [5.74, 6) is -0.579. The second-order valence-corrected chi connectivity index (χ2v) is 7.95. The van der Waals surface area contributed by atoms with Gasteiger partial charge in [0.25, 0.3) is 11.8 Å². The van der Waals surface area contributed by atoms with Gasteiger partial charge in [-0.1, -0.05) is 60.7 Å². The molecule has 4 rings (SSSR count). The molecule has 1 heterocycles. The van der Waals surface area contributed by atoms with Crippen molar-refractivity contribution in [1.82, 2.24) is 4.90 Å². The minimum absolute atomic E-state index is 0.288. The molecule has 0 saturated carbocycles. The van der Waals surface area contributed by atoms with Gasteiger partial charge in [-0.2, -0.15) is 0 Å².